The quantitative estimate of drug-likeness (QED) is 0.791. The monoisotopic (exact) mass is 291 g/mol. The fourth-order valence-corrected chi connectivity index (χ4v) is 2.81. The number of hydrogen-bond acceptors (Lipinski definition) is 1. The van der Waals surface area contributed by atoms with Crippen molar-refractivity contribution in [3.8, 4) is 0 Å². The number of alkyl halides is 3. The summed E-state index contributed by atoms with van der Waals surface area (Å²) in [5.41, 5.74) is 1.87. The van der Waals surface area contributed by atoms with Crippen LogP contribution in [0.15, 0.2) is 18.2 Å². The summed E-state index contributed by atoms with van der Waals surface area (Å²) in [5.74, 6) is -1.14. The first-order valence-corrected chi connectivity index (χ1v) is 6.83. The van der Waals surface area contributed by atoms with Crippen LogP contribution in [-0.2, 0) is 0 Å². The second-order valence-corrected chi connectivity index (χ2v) is 5.62. The smallest absolute Gasteiger partial charge is 0.381 e. The van der Waals surface area contributed by atoms with Gasteiger partial charge in [0.2, 0.25) is 0 Å². The van der Waals surface area contributed by atoms with Crippen molar-refractivity contribution in [1.82, 2.24) is 0 Å². The Hall–Kier alpha value is -0.900. The minimum Gasteiger partial charge on any atom is -0.381 e. The molecule has 1 aromatic carbocycles. The highest BCUT2D eigenvalue weighted by atomic mass is 35.5. The average molecular weight is 292 g/mol. The van der Waals surface area contributed by atoms with Gasteiger partial charge in [0.05, 0.1) is 16.6 Å². The van der Waals surface area contributed by atoms with E-state index in [0.29, 0.717) is 17.9 Å². The molecule has 0 radical (unpaired) electrons. The summed E-state index contributed by atoms with van der Waals surface area (Å²) in [6, 6.07) is 5.76. The maximum Gasteiger partial charge on any atom is 0.391 e. The summed E-state index contributed by atoms with van der Waals surface area (Å²) in [5, 5.41) is 3.87. The lowest BCUT2D eigenvalue weighted by Crippen LogP contribution is -2.32. The van der Waals surface area contributed by atoms with Crippen molar-refractivity contribution in [2.75, 3.05) is 5.32 Å². The largest absolute Gasteiger partial charge is 0.391 e. The van der Waals surface area contributed by atoms with Crippen molar-refractivity contribution in [2.45, 2.75) is 44.8 Å². The van der Waals surface area contributed by atoms with E-state index in [0.717, 1.165) is 11.3 Å². The molecule has 0 unspecified atom stereocenters. The summed E-state index contributed by atoms with van der Waals surface area (Å²) < 4.78 is 37.7. The molecule has 1 saturated carbocycles. The number of nitrogens with one attached hydrogen (secondary N) is 1. The summed E-state index contributed by atoms with van der Waals surface area (Å²) in [6.45, 7) is 1.95. The van der Waals surface area contributed by atoms with E-state index in [1.54, 1.807) is 0 Å². The van der Waals surface area contributed by atoms with Crippen LogP contribution in [0.3, 0.4) is 0 Å². The predicted molar refractivity (Wildman–Crippen MR) is 71.6 cm³/mol. The van der Waals surface area contributed by atoms with Gasteiger partial charge >= 0.3 is 6.18 Å². The minimum absolute atomic E-state index is 0.0822. The zero-order valence-corrected chi connectivity index (χ0v) is 11.5. The molecule has 0 saturated heterocycles. The highest BCUT2D eigenvalue weighted by Crippen LogP contribution is 2.38. The average Bonchev–Trinajstić information content (AvgIpc) is 2.32. The Morgan fingerprint density at radius 3 is 2.32 bits per heavy atom. The zero-order chi connectivity index (χ0) is 14.0. The first-order chi connectivity index (χ1) is 8.86. The molecule has 0 aliphatic heterocycles. The molecule has 0 amide bonds. The summed E-state index contributed by atoms with van der Waals surface area (Å²) in [6.07, 6.45) is -2.58. The molecule has 0 bridgehead atoms. The Bertz CT molecular complexity index is 437. The SMILES string of the molecule is Cc1ccc(NC2CCC(C(F)(F)F)CC2)c(Cl)c1. The first-order valence-electron chi connectivity index (χ1n) is 6.45. The molecule has 1 fully saturated rings. The predicted octanol–water partition coefficient (Wildman–Crippen LogP) is 5.18. The van der Waals surface area contributed by atoms with E-state index < -0.39 is 12.1 Å². The van der Waals surface area contributed by atoms with Crippen LogP contribution in [0.2, 0.25) is 5.02 Å². The topological polar surface area (TPSA) is 12.0 Å². The van der Waals surface area contributed by atoms with Crippen LogP contribution in [0.1, 0.15) is 31.2 Å². The Morgan fingerprint density at radius 1 is 1.16 bits per heavy atom. The molecule has 106 valence electrons. The van der Waals surface area contributed by atoms with Crippen LogP contribution in [0.4, 0.5) is 18.9 Å². The summed E-state index contributed by atoms with van der Waals surface area (Å²) in [4.78, 5) is 0. The van der Waals surface area contributed by atoms with Crippen molar-refractivity contribution >= 4 is 17.3 Å². The highest BCUT2D eigenvalue weighted by molar-refractivity contribution is 6.33. The molecule has 1 aliphatic carbocycles. The van der Waals surface area contributed by atoms with Gasteiger partial charge in [0.25, 0.3) is 0 Å². The molecule has 0 aromatic heterocycles. The fraction of sp³-hybridized carbons (Fsp3) is 0.571. The normalized spacial score (nSPS) is 24.3. The Morgan fingerprint density at radius 2 is 1.79 bits per heavy atom. The molecule has 1 nitrogen and oxygen atoms in total. The molecule has 0 atom stereocenters. The van der Waals surface area contributed by atoms with E-state index in [1.165, 1.54) is 0 Å². The first kappa shape index (κ1) is 14.5. The van der Waals surface area contributed by atoms with Gasteiger partial charge in [-0.25, -0.2) is 0 Å². The Kier molecular flexibility index (Phi) is 4.29. The van der Waals surface area contributed by atoms with Gasteiger partial charge in [-0.3, -0.25) is 0 Å². The van der Waals surface area contributed by atoms with Gasteiger partial charge < -0.3 is 5.32 Å². The van der Waals surface area contributed by atoms with E-state index in [-0.39, 0.29) is 18.9 Å². The number of rotatable bonds is 2. The van der Waals surface area contributed by atoms with Gasteiger partial charge in [-0.1, -0.05) is 17.7 Å². The molecular weight excluding hydrogens is 275 g/mol. The van der Waals surface area contributed by atoms with Gasteiger partial charge in [-0.05, 0) is 50.3 Å². The third kappa shape index (κ3) is 3.78. The Balaban J connectivity index is 1.92. The van der Waals surface area contributed by atoms with Gasteiger partial charge in [-0.2, -0.15) is 13.2 Å². The van der Waals surface area contributed by atoms with Crippen LogP contribution >= 0.6 is 11.6 Å². The van der Waals surface area contributed by atoms with Gasteiger partial charge in [0.15, 0.2) is 0 Å². The lowest BCUT2D eigenvalue weighted by Gasteiger charge is -2.31. The van der Waals surface area contributed by atoms with E-state index in [2.05, 4.69) is 5.32 Å². The summed E-state index contributed by atoms with van der Waals surface area (Å²) >= 11 is 6.11. The molecule has 0 spiro atoms. The van der Waals surface area contributed by atoms with Crippen molar-refractivity contribution in [2.24, 2.45) is 5.92 Å². The van der Waals surface area contributed by atoms with Crippen molar-refractivity contribution in [3.63, 3.8) is 0 Å². The van der Waals surface area contributed by atoms with Crippen LogP contribution in [-0.4, -0.2) is 12.2 Å². The maximum atomic E-state index is 12.6. The van der Waals surface area contributed by atoms with E-state index in [1.807, 2.05) is 25.1 Å². The molecule has 5 heteroatoms. The molecule has 19 heavy (non-hydrogen) atoms. The van der Waals surface area contributed by atoms with Crippen molar-refractivity contribution in [3.05, 3.63) is 28.8 Å². The highest BCUT2D eigenvalue weighted by Gasteiger charge is 2.41. The standard InChI is InChI=1S/C14H17ClF3N/c1-9-2-7-13(12(15)8-9)19-11-5-3-10(4-6-11)14(16,17)18/h2,7-8,10-11,19H,3-6H2,1H3. The van der Waals surface area contributed by atoms with Gasteiger partial charge in [0.1, 0.15) is 0 Å². The van der Waals surface area contributed by atoms with E-state index >= 15 is 0 Å². The third-order valence-electron chi connectivity index (χ3n) is 3.67. The number of benzene rings is 1. The van der Waals surface area contributed by atoms with Crippen LogP contribution in [0, 0.1) is 12.8 Å². The second kappa shape index (κ2) is 5.61. The van der Waals surface area contributed by atoms with Crippen molar-refractivity contribution < 1.29 is 13.2 Å². The third-order valence-corrected chi connectivity index (χ3v) is 3.99. The molecule has 1 aromatic rings. The fourth-order valence-electron chi connectivity index (χ4n) is 2.52. The lowest BCUT2D eigenvalue weighted by molar-refractivity contribution is -0.182. The number of halogens is 4. The second-order valence-electron chi connectivity index (χ2n) is 5.22. The molecule has 2 rings (SSSR count). The number of aryl methyl sites for hydroxylation is 1. The van der Waals surface area contributed by atoms with E-state index in [4.69, 9.17) is 11.6 Å². The number of anilines is 1. The minimum atomic E-state index is -4.05. The maximum absolute atomic E-state index is 12.6. The molecule has 1 aliphatic rings. The van der Waals surface area contributed by atoms with Crippen molar-refractivity contribution in [1.29, 1.82) is 0 Å². The van der Waals surface area contributed by atoms with Gasteiger partial charge in [0, 0.05) is 6.04 Å². The zero-order valence-electron chi connectivity index (χ0n) is 10.7. The molecule has 0 heterocycles. The van der Waals surface area contributed by atoms with Crippen LogP contribution in [0.25, 0.3) is 0 Å². The van der Waals surface area contributed by atoms with Gasteiger partial charge in [-0.15, -0.1) is 0 Å². The van der Waals surface area contributed by atoms with Crippen LogP contribution < -0.4 is 5.32 Å². The van der Waals surface area contributed by atoms with Crippen LogP contribution in [0.5, 0.6) is 0 Å². The molecule has 1 N–H and O–H groups in total. The molecular formula is C14H17ClF3N. The van der Waals surface area contributed by atoms with E-state index in [9.17, 15) is 13.2 Å². The number of hydrogen-bond donors (Lipinski definition) is 1. The Labute approximate surface area is 116 Å². The summed E-state index contributed by atoms with van der Waals surface area (Å²) in [7, 11) is 0. The lowest BCUT2D eigenvalue weighted by atomic mass is 9.85.